The average molecular weight is 285 g/mol. The number of carbonyl (C=O) groups is 1. The smallest absolute Gasteiger partial charge is 0.272 e. The summed E-state index contributed by atoms with van der Waals surface area (Å²) in [5.74, 6) is 0.868. The number of hydrogen-bond acceptors (Lipinski definition) is 3. The van der Waals surface area contributed by atoms with Crippen molar-refractivity contribution in [3.8, 4) is 5.75 Å². The Hall–Kier alpha value is -2.30. The van der Waals surface area contributed by atoms with Crippen LogP contribution in [-0.2, 0) is 7.05 Å². The first-order chi connectivity index (χ1) is 10.2. The summed E-state index contributed by atoms with van der Waals surface area (Å²) in [6.07, 6.45) is 5.29. The summed E-state index contributed by atoms with van der Waals surface area (Å²) < 4.78 is 7.05. The van der Waals surface area contributed by atoms with Gasteiger partial charge in [0.15, 0.2) is 0 Å². The second kappa shape index (κ2) is 5.60. The van der Waals surface area contributed by atoms with E-state index in [4.69, 9.17) is 4.74 Å². The highest BCUT2D eigenvalue weighted by Gasteiger charge is 2.31. The van der Waals surface area contributed by atoms with E-state index >= 15 is 0 Å². The van der Waals surface area contributed by atoms with Crippen LogP contribution in [-0.4, -0.2) is 34.0 Å². The van der Waals surface area contributed by atoms with Crippen LogP contribution in [0.2, 0.25) is 0 Å². The summed E-state index contributed by atoms with van der Waals surface area (Å²) in [5.41, 5.74) is 1.76. The minimum atomic E-state index is 0.0420. The van der Waals surface area contributed by atoms with Crippen molar-refractivity contribution in [3.05, 3.63) is 48.0 Å². The number of hydrogen-bond donors (Lipinski definition) is 0. The predicted octanol–water partition coefficient (Wildman–Crippen LogP) is 2.41. The molecule has 0 unspecified atom stereocenters. The Morgan fingerprint density at radius 3 is 3.00 bits per heavy atom. The third-order valence-corrected chi connectivity index (χ3v) is 4.03. The number of rotatable bonds is 3. The molecular formula is C16H19N3O2. The maximum atomic E-state index is 12.7. The molecule has 1 aromatic heterocycles. The van der Waals surface area contributed by atoms with E-state index < -0.39 is 0 Å². The first kappa shape index (κ1) is 13.7. The number of nitrogens with zero attached hydrogens (tertiary/aromatic N) is 3. The van der Waals surface area contributed by atoms with Crippen molar-refractivity contribution in [3.63, 3.8) is 0 Å². The zero-order chi connectivity index (χ0) is 14.8. The molecule has 1 aromatic carbocycles. The van der Waals surface area contributed by atoms with Gasteiger partial charge in [-0.3, -0.25) is 4.79 Å². The maximum absolute atomic E-state index is 12.7. The van der Waals surface area contributed by atoms with Crippen molar-refractivity contribution in [2.45, 2.75) is 18.9 Å². The highest BCUT2D eigenvalue weighted by Crippen LogP contribution is 2.34. The lowest BCUT2D eigenvalue weighted by Crippen LogP contribution is -2.31. The molecule has 1 atom stereocenters. The fourth-order valence-corrected chi connectivity index (χ4v) is 2.92. The van der Waals surface area contributed by atoms with Crippen molar-refractivity contribution < 1.29 is 9.53 Å². The van der Waals surface area contributed by atoms with E-state index in [0.717, 1.165) is 30.7 Å². The van der Waals surface area contributed by atoms with Gasteiger partial charge in [-0.25, -0.2) is 4.98 Å². The number of benzene rings is 1. The highest BCUT2D eigenvalue weighted by molar-refractivity contribution is 5.92. The Morgan fingerprint density at radius 2 is 2.29 bits per heavy atom. The fourth-order valence-electron chi connectivity index (χ4n) is 2.92. The third-order valence-electron chi connectivity index (χ3n) is 4.03. The van der Waals surface area contributed by atoms with Gasteiger partial charge >= 0.3 is 0 Å². The molecule has 0 spiro atoms. The van der Waals surface area contributed by atoms with Crippen LogP contribution in [0, 0.1) is 0 Å². The molecule has 3 rings (SSSR count). The number of ether oxygens (including phenoxy) is 1. The Balaban J connectivity index is 1.88. The molecule has 110 valence electrons. The van der Waals surface area contributed by atoms with Gasteiger partial charge in [0.25, 0.3) is 5.91 Å². The van der Waals surface area contributed by atoms with E-state index in [9.17, 15) is 4.79 Å². The second-order valence-electron chi connectivity index (χ2n) is 5.32. The number of aryl methyl sites for hydroxylation is 1. The molecule has 5 heteroatoms. The average Bonchev–Trinajstić information content (AvgIpc) is 3.15. The van der Waals surface area contributed by atoms with Crippen molar-refractivity contribution in [1.82, 2.24) is 14.5 Å². The van der Waals surface area contributed by atoms with Gasteiger partial charge in [-0.1, -0.05) is 12.1 Å². The van der Waals surface area contributed by atoms with E-state index in [0.29, 0.717) is 5.69 Å². The molecule has 2 heterocycles. The summed E-state index contributed by atoms with van der Waals surface area (Å²) in [7, 11) is 3.50. The number of carbonyl (C=O) groups excluding carboxylic acids is 1. The van der Waals surface area contributed by atoms with Crippen LogP contribution >= 0.6 is 0 Å². The van der Waals surface area contributed by atoms with Gasteiger partial charge in [-0.15, -0.1) is 0 Å². The molecule has 0 N–H and O–H groups in total. The first-order valence-electron chi connectivity index (χ1n) is 7.12. The topological polar surface area (TPSA) is 47.4 Å². The molecule has 0 aliphatic carbocycles. The van der Waals surface area contributed by atoms with E-state index in [1.54, 1.807) is 24.2 Å². The van der Waals surface area contributed by atoms with Crippen LogP contribution in [0.25, 0.3) is 0 Å². The van der Waals surface area contributed by atoms with Gasteiger partial charge in [0.1, 0.15) is 11.4 Å². The minimum Gasteiger partial charge on any atom is -0.497 e. The zero-order valence-electron chi connectivity index (χ0n) is 12.3. The number of imidazole rings is 1. The lowest BCUT2D eigenvalue weighted by atomic mass is 10.0. The molecule has 0 radical (unpaired) electrons. The van der Waals surface area contributed by atoms with Crippen LogP contribution < -0.4 is 4.74 Å². The van der Waals surface area contributed by atoms with Gasteiger partial charge in [0.2, 0.25) is 0 Å². The third kappa shape index (κ3) is 2.51. The molecule has 2 aromatic rings. The standard InChI is InChI=1S/C16H19N3O2/c1-18-11-17-10-15(18)16(20)19-8-4-7-14(19)12-5-3-6-13(9-12)21-2/h3,5-6,9-11,14H,4,7-8H2,1-2H3/t14-/m1/s1. The molecule has 5 nitrogen and oxygen atoms in total. The lowest BCUT2D eigenvalue weighted by molar-refractivity contribution is 0.0725. The van der Waals surface area contributed by atoms with Gasteiger partial charge in [-0.05, 0) is 30.5 Å². The van der Waals surface area contributed by atoms with Gasteiger partial charge in [0.05, 0.1) is 25.7 Å². The summed E-state index contributed by atoms with van der Waals surface area (Å²) >= 11 is 0. The molecule has 1 aliphatic rings. The normalized spacial score (nSPS) is 18.0. The van der Waals surface area contributed by atoms with E-state index in [-0.39, 0.29) is 11.9 Å². The molecule has 1 aliphatic heterocycles. The van der Waals surface area contributed by atoms with Crippen LogP contribution in [0.4, 0.5) is 0 Å². The SMILES string of the molecule is COc1cccc([C@H]2CCCN2C(=O)c2cncn2C)c1. The Kier molecular flexibility index (Phi) is 3.64. The fraction of sp³-hybridized carbons (Fsp3) is 0.375. The number of likely N-dealkylation sites (tertiary alicyclic amines) is 1. The predicted molar refractivity (Wildman–Crippen MR) is 79.2 cm³/mol. The second-order valence-corrected chi connectivity index (χ2v) is 5.32. The van der Waals surface area contributed by atoms with Gasteiger partial charge in [-0.2, -0.15) is 0 Å². The first-order valence-corrected chi connectivity index (χ1v) is 7.12. The maximum Gasteiger partial charge on any atom is 0.272 e. The van der Waals surface area contributed by atoms with Crippen molar-refractivity contribution in [2.75, 3.05) is 13.7 Å². The van der Waals surface area contributed by atoms with Crippen molar-refractivity contribution in [1.29, 1.82) is 0 Å². The number of aromatic nitrogens is 2. The molecule has 21 heavy (non-hydrogen) atoms. The molecule has 1 fully saturated rings. The van der Waals surface area contributed by atoms with E-state index in [2.05, 4.69) is 11.1 Å². The van der Waals surface area contributed by atoms with Crippen LogP contribution in [0.3, 0.4) is 0 Å². The highest BCUT2D eigenvalue weighted by atomic mass is 16.5. The Morgan fingerprint density at radius 1 is 1.43 bits per heavy atom. The lowest BCUT2D eigenvalue weighted by Gasteiger charge is -2.25. The van der Waals surface area contributed by atoms with Crippen LogP contribution in [0.1, 0.15) is 34.9 Å². The monoisotopic (exact) mass is 285 g/mol. The number of methoxy groups -OCH3 is 1. The van der Waals surface area contributed by atoms with Crippen molar-refractivity contribution >= 4 is 5.91 Å². The Bertz CT molecular complexity index is 650. The molecule has 0 saturated carbocycles. The van der Waals surface area contributed by atoms with Crippen LogP contribution in [0.5, 0.6) is 5.75 Å². The number of amides is 1. The van der Waals surface area contributed by atoms with E-state index in [1.807, 2.05) is 30.1 Å². The summed E-state index contributed by atoms with van der Waals surface area (Å²) in [5, 5.41) is 0. The quantitative estimate of drug-likeness (QED) is 0.870. The largest absolute Gasteiger partial charge is 0.497 e. The summed E-state index contributed by atoms with van der Waals surface area (Å²) in [6, 6.07) is 8.08. The molecule has 1 saturated heterocycles. The van der Waals surface area contributed by atoms with Gasteiger partial charge in [0, 0.05) is 13.6 Å². The van der Waals surface area contributed by atoms with Crippen LogP contribution in [0.15, 0.2) is 36.8 Å². The van der Waals surface area contributed by atoms with E-state index in [1.165, 1.54) is 0 Å². The molecule has 1 amide bonds. The summed E-state index contributed by atoms with van der Waals surface area (Å²) in [4.78, 5) is 18.7. The minimum absolute atomic E-state index is 0.0420. The molecule has 0 bridgehead atoms. The van der Waals surface area contributed by atoms with Crippen molar-refractivity contribution in [2.24, 2.45) is 7.05 Å². The zero-order valence-corrected chi connectivity index (χ0v) is 12.3. The summed E-state index contributed by atoms with van der Waals surface area (Å²) in [6.45, 7) is 0.784. The Labute approximate surface area is 124 Å². The molecular weight excluding hydrogens is 266 g/mol. The van der Waals surface area contributed by atoms with Gasteiger partial charge < -0.3 is 14.2 Å².